The van der Waals surface area contributed by atoms with E-state index in [1.807, 2.05) is 19.1 Å². The minimum Gasteiger partial charge on any atom is -0.481 e. The van der Waals surface area contributed by atoms with Gasteiger partial charge in [-0.25, -0.2) is 4.79 Å². The number of urea groups is 1. The van der Waals surface area contributed by atoms with Gasteiger partial charge in [-0.3, -0.25) is 4.79 Å². The quantitative estimate of drug-likeness (QED) is 0.794. The molecule has 0 saturated heterocycles. The van der Waals surface area contributed by atoms with E-state index in [0.29, 0.717) is 31.2 Å². The minimum atomic E-state index is -0.748. The Balaban J connectivity index is 1.80. The Bertz CT molecular complexity index is 599. The Kier molecular flexibility index (Phi) is 5.58. The largest absolute Gasteiger partial charge is 0.481 e. The van der Waals surface area contributed by atoms with Crippen molar-refractivity contribution < 1.29 is 14.7 Å². The molecule has 0 radical (unpaired) electrons. The summed E-state index contributed by atoms with van der Waals surface area (Å²) in [5.41, 5.74) is 1.51. The molecule has 1 unspecified atom stereocenters. The fourth-order valence-corrected chi connectivity index (χ4v) is 2.84. The van der Waals surface area contributed by atoms with Gasteiger partial charge in [0, 0.05) is 6.04 Å². The van der Waals surface area contributed by atoms with Crippen molar-refractivity contribution in [1.82, 2.24) is 10.6 Å². The molecule has 0 heterocycles. The van der Waals surface area contributed by atoms with Crippen LogP contribution in [0.15, 0.2) is 24.3 Å². The van der Waals surface area contributed by atoms with Crippen molar-refractivity contribution >= 4 is 12.0 Å². The third kappa shape index (κ3) is 4.71. The Hall–Kier alpha value is -2.55. The zero-order chi connectivity index (χ0) is 16.8. The zero-order valence-corrected chi connectivity index (χ0v) is 13.1. The first-order valence-electron chi connectivity index (χ1n) is 7.79. The van der Waals surface area contributed by atoms with Crippen LogP contribution in [0.5, 0.6) is 0 Å². The first-order valence-corrected chi connectivity index (χ1v) is 7.79. The maximum Gasteiger partial charge on any atom is 0.315 e. The topological polar surface area (TPSA) is 102 Å². The molecular formula is C17H21N3O3. The van der Waals surface area contributed by atoms with E-state index in [-0.39, 0.29) is 24.0 Å². The van der Waals surface area contributed by atoms with Gasteiger partial charge in [0.2, 0.25) is 0 Å². The van der Waals surface area contributed by atoms with Crippen molar-refractivity contribution in [2.75, 3.05) is 0 Å². The van der Waals surface area contributed by atoms with Crippen LogP contribution >= 0.6 is 0 Å². The molecule has 6 heteroatoms. The first-order chi connectivity index (χ1) is 11.0. The van der Waals surface area contributed by atoms with Crippen LogP contribution in [0, 0.1) is 17.2 Å². The lowest BCUT2D eigenvalue weighted by atomic mass is 9.86. The summed E-state index contributed by atoms with van der Waals surface area (Å²) in [6.07, 6.45) is 2.59. The predicted molar refractivity (Wildman–Crippen MR) is 84.6 cm³/mol. The molecular weight excluding hydrogens is 294 g/mol. The van der Waals surface area contributed by atoms with Crippen molar-refractivity contribution in [3.8, 4) is 6.07 Å². The second-order valence-corrected chi connectivity index (χ2v) is 5.96. The van der Waals surface area contributed by atoms with E-state index in [2.05, 4.69) is 16.7 Å². The highest BCUT2D eigenvalue weighted by atomic mass is 16.4. The monoisotopic (exact) mass is 315 g/mol. The predicted octanol–water partition coefficient (Wildman–Crippen LogP) is 2.56. The van der Waals surface area contributed by atoms with Gasteiger partial charge in [0.25, 0.3) is 0 Å². The Morgan fingerprint density at radius 1 is 1.22 bits per heavy atom. The van der Waals surface area contributed by atoms with Gasteiger partial charge < -0.3 is 15.7 Å². The number of benzene rings is 1. The van der Waals surface area contributed by atoms with E-state index in [4.69, 9.17) is 10.4 Å². The van der Waals surface area contributed by atoms with Gasteiger partial charge in [-0.15, -0.1) is 0 Å². The molecule has 6 nitrogen and oxygen atoms in total. The van der Waals surface area contributed by atoms with Crippen LogP contribution in [0.3, 0.4) is 0 Å². The summed E-state index contributed by atoms with van der Waals surface area (Å²) in [4.78, 5) is 23.0. The summed E-state index contributed by atoms with van der Waals surface area (Å²) in [5.74, 6) is -1.03. The number of amides is 2. The van der Waals surface area contributed by atoms with Crippen LogP contribution in [0.1, 0.15) is 49.8 Å². The molecule has 0 bridgehead atoms. The van der Waals surface area contributed by atoms with Crippen LogP contribution in [-0.2, 0) is 4.79 Å². The molecule has 1 aliphatic rings. The third-order valence-electron chi connectivity index (χ3n) is 4.30. The number of carboxylic acid groups (broad SMARTS) is 1. The van der Waals surface area contributed by atoms with Crippen molar-refractivity contribution in [3.05, 3.63) is 35.4 Å². The lowest BCUT2D eigenvalue weighted by Gasteiger charge is -2.27. The molecule has 1 aromatic rings. The van der Waals surface area contributed by atoms with Crippen molar-refractivity contribution in [3.63, 3.8) is 0 Å². The number of hydrogen-bond donors (Lipinski definition) is 3. The summed E-state index contributed by atoms with van der Waals surface area (Å²) in [6, 6.07) is 8.75. The van der Waals surface area contributed by atoms with Crippen LogP contribution in [0.4, 0.5) is 4.79 Å². The molecule has 1 fully saturated rings. The molecule has 1 atom stereocenters. The van der Waals surface area contributed by atoms with Gasteiger partial charge >= 0.3 is 12.0 Å². The fraction of sp³-hybridized carbons (Fsp3) is 0.471. The summed E-state index contributed by atoms with van der Waals surface area (Å²) in [7, 11) is 0. The number of nitrogens with zero attached hydrogens (tertiary/aromatic N) is 1. The van der Waals surface area contributed by atoms with Gasteiger partial charge in [-0.1, -0.05) is 12.1 Å². The number of hydrogen-bond acceptors (Lipinski definition) is 3. The number of rotatable bonds is 4. The SMILES string of the molecule is CC(NC(=O)NC1CCC(C(=O)O)CC1)c1ccc(C#N)cc1. The van der Waals surface area contributed by atoms with E-state index in [9.17, 15) is 9.59 Å². The molecule has 2 rings (SSSR count). The molecule has 2 amide bonds. The van der Waals surface area contributed by atoms with Gasteiger partial charge in [0.1, 0.15) is 0 Å². The van der Waals surface area contributed by atoms with Gasteiger partial charge in [0.05, 0.1) is 23.6 Å². The second-order valence-electron chi connectivity index (χ2n) is 5.96. The number of carboxylic acids is 1. The lowest BCUT2D eigenvalue weighted by molar-refractivity contribution is -0.142. The molecule has 1 aliphatic carbocycles. The maximum atomic E-state index is 12.0. The molecule has 3 N–H and O–H groups in total. The molecule has 122 valence electrons. The Morgan fingerprint density at radius 3 is 2.35 bits per heavy atom. The molecule has 0 aliphatic heterocycles. The van der Waals surface area contributed by atoms with Crippen LogP contribution in [-0.4, -0.2) is 23.1 Å². The highest BCUT2D eigenvalue weighted by Gasteiger charge is 2.26. The number of carbonyl (C=O) groups excluding carboxylic acids is 1. The normalized spacial score (nSPS) is 21.7. The lowest BCUT2D eigenvalue weighted by Crippen LogP contribution is -2.44. The molecule has 0 aromatic heterocycles. The van der Waals surface area contributed by atoms with E-state index < -0.39 is 5.97 Å². The molecule has 0 spiro atoms. The van der Waals surface area contributed by atoms with E-state index in [0.717, 1.165) is 5.56 Å². The Morgan fingerprint density at radius 2 is 1.83 bits per heavy atom. The molecule has 1 aromatic carbocycles. The van der Waals surface area contributed by atoms with Crippen molar-refractivity contribution in [2.45, 2.75) is 44.7 Å². The van der Waals surface area contributed by atoms with Crippen LogP contribution in [0.25, 0.3) is 0 Å². The fourth-order valence-electron chi connectivity index (χ4n) is 2.84. The van der Waals surface area contributed by atoms with E-state index in [1.165, 1.54) is 0 Å². The van der Waals surface area contributed by atoms with Crippen molar-refractivity contribution in [2.24, 2.45) is 5.92 Å². The summed E-state index contributed by atoms with van der Waals surface area (Å²) >= 11 is 0. The third-order valence-corrected chi connectivity index (χ3v) is 4.30. The van der Waals surface area contributed by atoms with Crippen molar-refractivity contribution in [1.29, 1.82) is 5.26 Å². The average molecular weight is 315 g/mol. The molecule has 1 saturated carbocycles. The standard InChI is InChI=1S/C17H21N3O3/c1-11(13-4-2-12(10-18)3-5-13)19-17(23)20-15-8-6-14(7-9-15)16(21)22/h2-5,11,14-15H,6-9H2,1H3,(H,21,22)(H2,19,20,23). The van der Waals surface area contributed by atoms with Gasteiger partial charge in [-0.05, 0) is 50.3 Å². The second kappa shape index (κ2) is 7.63. The average Bonchev–Trinajstić information content (AvgIpc) is 2.55. The highest BCUT2D eigenvalue weighted by Crippen LogP contribution is 2.24. The first kappa shape index (κ1) is 16.8. The van der Waals surface area contributed by atoms with Gasteiger partial charge in [0.15, 0.2) is 0 Å². The number of carbonyl (C=O) groups is 2. The summed E-state index contributed by atoms with van der Waals surface area (Å²) in [6.45, 7) is 1.88. The smallest absolute Gasteiger partial charge is 0.315 e. The summed E-state index contributed by atoms with van der Waals surface area (Å²) < 4.78 is 0. The van der Waals surface area contributed by atoms with E-state index >= 15 is 0 Å². The highest BCUT2D eigenvalue weighted by molar-refractivity contribution is 5.75. The Labute approximate surface area is 135 Å². The van der Waals surface area contributed by atoms with Crippen LogP contribution in [0.2, 0.25) is 0 Å². The van der Waals surface area contributed by atoms with Gasteiger partial charge in [-0.2, -0.15) is 5.26 Å². The molecule has 23 heavy (non-hydrogen) atoms. The minimum absolute atomic E-state index is 0.0266. The zero-order valence-electron chi connectivity index (χ0n) is 13.1. The number of nitrogens with one attached hydrogen (secondary N) is 2. The van der Waals surface area contributed by atoms with Crippen LogP contribution < -0.4 is 10.6 Å². The summed E-state index contributed by atoms with van der Waals surface area (Å²) in [5, 5.41) is 23.5. The van der Waals surface area contributed by atoms with E-state index in [1.54, 1.807) is 12.1 Å². The maximum absolute atomic E-state index is 12.0. The number of aliphatic carboxylic acids is 1. The number of nitriles is 1.